The van der Waals surface area contributed by atoms with Crippen molar-refractivity contribution in [2.45, 2.75) is 25.3 Å². The van der Waals surface area contributed by atoms with Gasteiger partial charge in [0, 0.05) is 24.7 Å². The molecular weight excluding hydrogens is 408 g/mol. The lowest BCUT2D eigenvalue weighted by Gasteiger charge is -2.11. The minimum atomic E-state index is -4.85. The molecule has 0 spiro atoms. The summed E-state index contributed by atoms with van der Waals surface area (Å²) in [5, 5.41) is 0. The van der Waals surface area contributed by atoms with E-state index in [2.05, 4.69) is 0 Å². The summed E-state index contributed by atoms with van der Waals surface area (Å²) in [6, 6.07) is 5.07. The first-order chi connectivity index (χ1) is 13.4. The predicted molar refractivity (Wildman–Crippen MR) is 87.4 cm³/mol. The van der Waals surface area contributed by atoms with Gasteiger partial charge in [-0.05, 0) is 30.3 Å². The fourth-order valence-electron chi connectivity index (χ4n) is 2.25. The number of benzene rings is 1. The molecular formula is C17H13F6N3O3. The molecule has 0 bridgehead atoms. The van der Waals surface area contributed by atoms with Crippen molar-refractivity contribution in [2.24, 2.45) is 0 Å². The molecule has 0 atom stereocenters. The molecule has 156 valence electrons. The first-order valence-electron chi connectivity index (χ1n) is 7.92. The van der Waals surface area contributed by atoms with Gasteiger partial charge in [-0.2, -0.15) is 26.3 Å². The molecule has 0 saturated heterocycles. The van der Waals surface area contributed by atoms with E-state index < -0.39 is 53.8 Å². The minimum Gasteiger partial charge on any atom is -0.314 e. The van der Waals surface area contributed by atoms with Crippen LogP contribution >= 0.6 is 0 Å². The third-order valence-corrected chi connectivity index (χ3v) is 3.67. The third-order valence-electron chi connectivity index (χ3n) is 3.67. The van der Waals surface area contributed by atoms with Gasteiger partial charge in [0.1, 0.15) is 5.56 Å². The van der Waals surface area contributed by atoms with E-state index in [0.717, 1.165) is 30.5 Å². The molecule has 0 aliphatic heterocycles. The van der Waals surface area contributed by atoms with Crippen LogP contribution < -0.4 is 16.4 Å². The molecule has 0 saturated carbocycles. The summed E-state index contributed by atoms with van der Waals surface area (Å²) in [7, 11) is 0. The lowest BCUT2D eigenvalue weighted by atomic mass is 10.1. The van der Waals surface area contributed by atoms with Crippen LogP contribution in [0.1, 0.15) is 27.9 Å². The second-order valence-electron chi connectivity index (χ2n) is 5.75. The summed E-state index contributed by atoms with van der Waals surface area (Å²) in [6.45, 7) is -0.409. The Labute approximate surface area is 159 Å². The first-order valence-corrected chi connectivity index (χ1v) is 7.92. The van der Waals surface area contributed by atoms with Gasteiger partial charge < -0.3 is 4.57 Å². The van der Waals surface area contributed by atoms with Gasteiger partial charge in [-0.15, -0.1) is 0 Å². The van der Waals surface area contributed by atoms with Crippen molar-refractivity contribution in [2.75, 3.05) is 0 Å². The van der Waals surface area contributed by atoms with Crippen molar-refractivity contribution >= 4 is 11.8 Å². The maximum Gasteiger partial charge on any atom is 0.421 e. The van der Waals surface area contributed by atoms with Gasteiger partial charge in [0.25, 0.3) is 11.5 Å². The summed E-state index contributed by atoms with van der Waals surface area (Å²) in [5.74, 6) is -1.89. The first kappa shape index (κ1) is 22.0. The molecule has 2 amide bonds. The van der Waals surface area contributed by atoms with E-state index in [0.29, 0.717) is 16.7 Å². The highest BCUT2D eigenvalue weighted by molar-refractivity contribution is 5.95. The van der Waals surface area contributed by atoms with Crippen LogP contribution in [0.5, 0.6) is 0 Å². The Hall–Kier alpha value is -3.31. The van der Waals surface area contributed by atoms with Crippen LogP contribution in [0.25, 0.3) is 0 Å². The van der Waals surface area contributed by atoms with Gasteiger partial charge >= 0.3 is 12.4 Å². The summed E-state index contributed by atoms with van der Waals surface area (Å²) in [4.78, 5) is 35.3. The Morgan fingerprint density at radius 1 is 0.931 bits per heavy atom. The van der Waals surface area contributed by atoms with E-state index in [1.165, 1.54) is 0 Å². The van der Waals surface area contributed by atoms with E-state index in [4.69, 9.17) is 0 Å². The van der Waals surface area contributed by atoms with Crippen LogP contribution in [0.2, 0.25) is 0 Å². The zero-order valence-corrected chi connectivity index (χ0v) is 14.4. The number of hydrogen-bond donors (Lipinski definition) is 2. The number of nitrogens with zero attached hydrogens (tertiary/aromatic N) is 1. The fraction of sp³-hybridized carbons (Fsp3) is 0.235. The molecule has 0 radical (unpaired) electrons. The molecule has 0 aliphatic carbocycles. The number of hydrogen-bond acceptors (Lipinski definition) is 3. The van der Waals surface area contributed by atoms with Crippen LogP contribution in [0.4, 0.5) is 26.3 Å². The standard InChI is InChI=1S/C17H13F6N3O3/c18-16(19,20)11-4-1-3-10(9-11)14(28)25-24-13(27)6-8-26-7-2-5-12(15(26)29)17(21,22)23/h1-5,7,9H,6,8H2,(H,24,27)(H,25,28). The van der Waals surface area contributed by atoms with Gasteiger partial charge in [-0.25, -0.2) is 0 Å². The maximum absolute atomic E-state index is 12.7. The average molecular weight is 421 g/mol. The number of halogens is 6. The minimum absolute atomic E-state index is 0.366. The van der Waals surface area contributed by atoms with E-state index >= 15 is 0 Å². The van der Waals surface area contributed by atoms with E-state index in [1.54, 1.807) is 0 Å². The number of alkyl halides is 6. The summed E-state index contributed by atoms with van der Waals surface area (Å²) < 4.78 is 76.7. The highest BCUT2D eigenvalue weighted by Crippen LogP contribution is 2.29. The predicted octanol–water partition coefficient (Wildman–Crippen LogP) is 2.74. The van der Waals surface area contributed by atoms with Crippen LogP contribution in [0, 0.1) is 0 Å². The van der Waals surface area contributed by atoms with Gasteiger partial charge in [0.2, 0.25) is 5.91 Å². The normalized spacial score (nSPS) is 11.8. The van der Waals surface area contributed by atoms with E-state index in [1.807, 2.05) is 10.9 Å². The Morgan fingerprint density at radius 2 is 1.62 bits per heavy atom. The largest absolute Gasteiger partial charge is 0.421 e. The van der Waals surface area contributed by atoms with Crippen molar-refractivity contribution in [1.29, 1.82) is 0 Å². The van der Waals surface area contributed by atoms with Crippen LogP contribution in [-0.4, -0.2) is 16.4 Å². The monoisotopic (exact) mass is 421 g/mol. The van der Waals surface area contributed by atoms with Crippen LogP contribution in [0.15, 0.2) is 47.4 Å². The highest BCUT2D eigenvalue weighted by Gasteiger charge is 2.34. The third kappa shape index (κ3) is 5.83. The second-order valence-corrected chi connectivity index (χ2v) is 5.75. The van der Waals surface area contributed by atoms with Gasteiger partial charge in [-0.3, -0.25) is 25.2 Å². The molecule has 1 heterocycles. The molecule has 0 fully saturated rings. The molecule has 0 unspecified atom stereocenters. The number of aromatic nitrogens is 1. The molecule has 1 aromatic carbocycles. The Balaban J connectivity index is 1.95. The van der Waals surface area contributed by atoms with Crippen molar-refractivity contribution in [3.63, 3.8) is 0 Å². The number of pyridine rings is 1. The summed E-state index contributed by atoms with van der Waals surface area (Å²) in [6.07, 6.45) is -8.91. The molecule has 2 rings (SSSR count). The molecule has 6 nitrogen and oxygen atoms in total. The number of carbonyl (C=O) groups excluding carboxylic acids is 2. The number of rotatable bonds is 4. The van der Waals surface area contributed by atoms with E-state index in [-0.39, 0.29) is 5.56 Å². The van der Waals surface area contributed by atoms with Gasteiger partial charge in [-0.1, -0.05) is 6.07 Å². The van der Waals surface area contributed by atoms with Crippen LogP contribution in [-0.2, 0) is 23.7 Å². The lowest BCUT2D eigenvalue weighted by molar-refractivity contribution is -0.139. The SMILES string of the molecule is O=C(CCn1cccc(C(F)(F)F)c1=O)NNC(=O)c1cccc(C(F)(F)F)c1. The number of aryl methyl sites for hydroxylation is 1. The smallest absolute Gasteiger partial charge is 0.314 e. The molecule has 2 aromatic rings. The van der Waals surface area contributed by atoms with Crippen molar-refractivity contribution in [1.82, 2.24) is 15.4 Å². The molecule has 2 N–H and O–H groups in total. The zero-order valence-electron chi connectivity index (χ0n) is 14.4. The Kier molecular flexibility index (Phi) is 6.34. The average Bonchev–Trinajstić information content (AvgIpc) is 2.63. The van der Waals surface area contributed by atoms with Gasteiger partial charge in [0.15, 0.2) is 0 Å². The Morgan fingerprint density at radius 3 is 2.24 bits per heavy atom. The van der Waals surface area contributed by atoms with Crippen molar-refractivity contribution < 1.29 is 35.9 Å². The summed E-state index contributed by atoms with van der Waals surface area (Å²) >= 11 is 0. The Bertz CT molecular complexity index is 966. The molecule has 1 aromatic heterocycles. The van der Waals surface area contributed by atoms with Crippen LogP contribution in [0.3, 0.4) is 0 Å². The number of hydrazine groups is 1. The quantitative estimate of drug-likeness (QED) is 0.589. The van der Waals surface area contributed by atoms with Crippen molar-refractivity contribution in [3.8, 4) is 0 Å². The van der Waals surface area contributed by atoms with Crippen molar-refractivity contribution in [3.05, 3.63) is 69.6 Å². The molecule has 29 heavy (non-hydrogen) atoms. The number of carbonyl (C=O) groups is 2. The lowest BCUT2D eigenvalue weighted by Crippen LogP contribution is -2.42. The maximum atomic E-state index is 12.7. The summed E-state index contributed by atoms with van der Waals surface area (Å²) in [5.41, 5.74) is -0.338. The number of nitrogens with one attached hydrogen (secondary N) is 2. The highest BCUT2D eigenvalue weighted by atomic mass is 19.4. The van der Waals surface area contributed by atoms with Gasteiger partial charge in [0.05, 0.1) is 5.56 Å². The second kappa shape index (κ2) is 8.37. The molecule has 12 heteroatoms. The molecule has 0 aliphatic rings. The van der Waals surface area contributed by atoms with E-state index in [9.17, 15) is 40.7 Å². The zero-order chi connectivity index (χ0) is 21.8. The fourth-order valence-corrected chi connectivity index (χ4v) is 2.25. The topological polar surface area (TPSA) is 80.2 Å². The number of amides is 2.